The normalized spacial score (nSPS) is 18.2. The zero-order valence-electron chi connectivity index (χ0n) is 13.4. The van der Waals surface area contributed by atoms with Gasteiger partial charge in [-0.1, -0.05) is 18.2 Å². The van der Waals surface area contributed by atoms with Crippen LogP contribution >= 0.6 is 0 Å². The molecule has 1 unspecified atom stereocenters. The zero-order chi connectivity index (χ0) is 15.8. The molecule has 0 aromatic heterocycles. The van der Waals surface area contributed by atoms with Gasteiger partial charge in [0.25, 0.3) is 0 Å². The Balaban J connectivity index is 1.89. The lowest BCUT2D eigenvalue weighted by atomic mass is 10.2. The number of ether oxygens (including phenoxy) is 2. The van der Waals surface area contributed by atoms with E-state index in [-0.39, 0.29) is 0 Å². The zero-order valence-corrected chi connectivity index (χ0v) is 13.4. The minimum absolute atomic E-state index is 0.360. The molecule has 1 saturated heterocycles. The van der Waals surface area contributed by atoms with Gasteiger partial charge in [-0.3, -0.25) is 9.89 Å². The molecule has 1 atom stereocenters. The molecule has 0 saturated carbocycles. The number of aliphatic imine (C=N–C) groups is 1. The maximum atomic E-state index is 6.00. The van der Waals surface area contributed by atoms with Crippen LogP contribution in [-0.2, 0) is 16.1 Å². The van der Waals surface area contributed by atoms with E-state index < -0.39 is 0 Å². The summed E-state index contributed by atoms with van der Waals surface area (Å²) in [4.78, 5) is 6.83. The van der Waals surface area contributed by atoms with E-state index in [1.54, 1.807) is 7.11 Å². The third-order valence-corrected chi connectivity index (χ3v) is 3.77. The number of hydrogen-bond acceptors (Lipinski definition) is 4. The minimum Gasteiger partial charge on any atom is -0.380 e. The molecule has 0 amide bonds. The third kappa shape index (κ3) is 4.98. The molecule has 6 heteroatoms. The summed E-state index contributed by atoms with van der Waals surface area (Å²) >= 11 is 0. The molecule has 22 heavy (non-hydrogen) atoms. The van der Waals surface area contributed by atoms with Crippen molar-refractivity contribution in [3.63, 3.8) is 0 Å². The van der Waals surface area contributed by atoms with Gasteiger partial charge in [0.15, 0.2) is 5.96 Å². The van der Waals surface area contributed by atoms with Crippen LogP contribution in [0.5, 0.6) is 0 Å². The topological polar surface area (TPSA) is 72.1 Å². The summed E-state index contributed by atoms with van der Waals surface area (Å²) in [6.45, 7) is 6.90. The lowest BCUT2D eigenvalue weighted by Gasteiger charge is -2.31. The average molecular weight is 306 g/mol. The molecule has 0 radical (unpaired) electrons. The van der Waals surface area contributed by atoms with Crippen LogP contribution in [-0.4, -0.2) is 56.9 Å². The number of guanidine groups is 1. The van der Waals surface area contributed by atoms with E-state index in [0.29, 0.717) is 25.2 Å². The summed E-state index contributed by atoms with van der Waals surface area (Å²) in [5, 5.41) is 3.16. The van der Waals surface area contributed by atoms with Gasteiger partial charge in [0, 0.05) is 37.5 Å². The number of para-hydroxylation sites is 1. The third-order valence-electron chi connectivity index (χ3n) is 3.77. The van der Waals surface area contributed by atoms with Crippen LogP contribution in [0.3, 0.4) is 0 Å². The highest BCUT2D eigenvalue weighted by Gasteiger charge is 2.16. The van der Waals surface area contributed by atoms with Crippen molar-refractivity contribution in [1.82, 2.24) is 4.90 Å². The van der Waals surface area contributed by atoms with Crippen molar-refractivity contribution in [1.29, 1.82) is 0 Å². The van der Waals surface area contributed by atoms with Crippen molar-refractivity contribution < 1.29 is 9.47 Å². The van der Waals surface area contributed by atoms with Gasteiger partial charge in [-0.05, 0) is 13.0 Å². The lowest BCUT2D eigenvalue weighted by molar-refractivity contribution is 0.0221. The molecule has 1 aliphatic rings. The van der Waals surface area contributed by atoms with Crippen molar-refractivity contribution in [3.05, 3.63) is 29.8 Å². The van der Waals surface area contributed by atoms with Gasteiger partial charge in [0.2, 0.25) is 0 Å². The van der Waals surface area contributed by atoms with E-state index in [4.69, 9.17) is 15.2 Å². The Labute approximate surface area is 132 Å². The standard InChI is InChI=1S/C16H26N4O2/c1-13(20-7-9-22-10-8-20)11-18-16(17)19-15-6-4-3-5-14(15)12-21-2/h3-6,13H,7-12H2,1-2H3,(H3,17,18,19). The van der Waals surface area contributed by atoms with Crippen molar-refractivity contribution >= 4 is 11.6 Å². The first kappa shape index (κ1) is 16.7. The highest BCUT2D eigenvalue weighted by molar-refractivity contribution is 5.92. The number of rotatable bonds is 6. The lowest BCUT2D eigenvalue weighted by Crippen LogP contribution is -2.43. The number of anilines is 1. The Morgan fingerprint density at radius 2 is 2.14 bits per heavy atom. The molecule has 1 fully saturated rings. The highest BCUT2D eigenvalue weighted by atomic mass is 16.5. The van der Waals surface area contributed by atoms with Crippen LogP contribution in [0.15, 0.2) is 29.3 Å². The predicted octanol–water partition coefficient (Wildman–Crippen LogP) is 1.28. The number of nitrogens with two attached hydrogens (primary N) is 1. The maximum absolute atomic E-state index is 6.00. The fourth-order valence-corrected chi connectivity index (χ4v) is 2.47. The predicted molar refractivity (Wildman–Crippen MR) is 89.1 cm³/mol. The second-order valence-electron chi connectivity index (χ2n) is 5.44. The van der Waals surface area contributed by atoms with Gasteiger partial charge in [0.05, 0.1) is 26.4 Å². The van der Waals surface area contributed by atoms with E-state index in [9.17, 15) is 0 Å². The Kier molecular flexibility index (Phi) is 6.64. The van der Waals surface area contributed by atoms with Crippen molar-refractivity contribution in [2.75, 3.05) is 45.3 Å². The maximum Gasteiger partial charge on any atom is 0.193 e. The molecule has 3 N–H and O–H groups in total. The fourth-order valence-electron chi connectivity index (χ4n) is 2.47. The molecule has 0 aliphatic carbocycles. The van der Waals surface area contributed by atoms with Gasteiger partial charge >= 0.3 is 0 Å². The van der Waals surface area contributed by atoms with Crippen LogP contribution in [0.2, 0.25) is 0 Å². The van der Waals surface area contributed by atoms with Gasteiger partial charge in [-0.25, -0.2) is 0 Å². The van der Waals surface area contributed by atoms with Crippen LogP contribution in [0, 0.1) is 0 Å². The fraction of sp³-hybridized carbons (Fsp3) is 0.562. The molecule has 1 aliphatic heterocycles. The molecule has 122 valence electrons. The number of hydrogen-bond donors (Lipinski definition) is 2. The first-order valence-electron chi connectivity index (χ1n) is 7.66. The van der Waals surface area contributed by atoms with E-state index in [2.05, 4.69) is 22.1 Å². The molecule has 0 spiro atoms. The Bertz CT molecular complexity index is 487. The monoisotopic (exact) mass is 306 g/mol. The first-order valence-corrected chi connectivity index (χ1v) is 7.66. The SMILES string of the molecule is COCc1ccccc1NC(N)=NCC(C)N1CCOCC1. The Morgan fingerprint density at radius 3 is 2.86 bits per heavy atom. The van der Waals surface area contributed by atoms with E-state index in [0.717, 1.165) is 37.6 Å². The summed E-state index contributed by atoms with van der Waals surface area (Å²) in [5.41, 5.74) is 8.00. The van der Waals surface area contributed by atoms with Crippen LogP contribution in [0.1, 0.15) is 12.5 Å². The number of benzene rings is 1. The molecular weight excluding hydrogens is 280 g/mol. The molecule has 1 heterocycles. The second kappa shape index (κ2) is 8.73. The van der Waals surface area contributed by atoms with Crippen molar-refractivity contribution in [2.45, 2.75) is 19.6 Å². The summed E-state index contributed by atoms with van der Waals surface area (Å²) in [6, 6.07) is 8.29. The second-order valence-corrected chi connectivity index (χ2v) is 5.44. The molecule has 6 nitrogen and oxygen atoms in total. The Hall–Kier alpha value is -1.63. The number of nitrogens with zero attached hydrogens (tertiary/aromatic N) is 2. The van der Waals surface area contributed by atoms with Gasteiger partial charge < -0.3 is 20.5 Å². The van der Waals surface area contributed by atoms with E-state index in [1.807, 2.05) is 24.3 Å². The largest absolute Gasteiger partial charge is 0.380 e. The van der Waals surface area contributed by atoms with Crippen LogP contribution < -0.4 is 11.1 Å². The van der Waals surface area contributed by atoms with E-state index in [1.165, 1.54) is 0 Å². The number of methoxy groups -OCH3 is 1. The van der Waals surface area contributed by atoms with Crippen LogP contribution in [0.4, 0.5) is 5.69 Å². The van der Waals surface area contributed by atoms with Crippen molar-refractivity contribution in [2.24, 2.45) is 10.7 Å². The van der Waals surface area contributed by atoms with Crippen LogP contribution in [0.25, 0.3) is 0 Å². The van der Waals surface area contributed by atoms with Gasteiger partial charge in [-0.2, -0.15) is 0 Å². The average Bonchev–Trinajstić information content (AvgIpc) is 2.55. The summed E-state index contributed by atoms with van der Waals surface area (Å²) in [7, 11) is 1.68. The molecular formula is C16H26N4O2. The molecule has 1 aromatic rings. The smallest absolute Gasteiger partial charge is 0.193 e. The molecule has 0 bridgehead atoms. The van der Waals surface area contributed by atoms with Crippen molar-refractivity contribution in [3.8, 4) is 0 Å². The summed E-state index contributed by atoms with van der Waals surface area (Å²) < 4.78 is 10.6. The molecule has 1 aromatic carbocycles. The Morgan fingerprint density at radius 1 is 1.41 bits per heavy atom. The highest BCUT2D eigenvalue weighted by Crippen LogP contribution is 2.15. The van der Waals surface area contributed by atoms with Gasteiger partial charge in [-0.15, -0.1) is 0 Å². The summed E-state index contributed by atoms with van der Waals surface area (Å²) in [5.74, 6) is 0.434. The molecule has 2 rings (SSSR count). The quantitative estimate of drug-likeness (QED) is 0.612. The first-order chi connectivity index (χ1) is 10.7. The summed E-state index contributed by atoms with van der Waals surface area (Å²) in [6.07, 6.45) is 0. The van der Waals surface area contributed by atoms with Gasteiger partial charge in [0.1, 0.15) is 0 Å². The van der Waals surface area contributed by atoms with E-state index >= 15 is 0 Å². The minimum atomic E-state index is 0.360. The number of nitrogens with one attached hydrogen (secondary N) is 1. The number of morpholine rings is 1.